The minimum Gasteiger partial charge on any atom is -0.477 e. The standard InChI is InChI=1S/C12H8N4O2/c13-7-9(12(17)18)6-10-8-14-16(15-10)11-4-2-1-3-5-11/h1-6,8H,(H,17,18). The molecule has 6 nitrogen and oxygen atoms in total. The van der Waals surface area contributed by atoms with Gasteiger partial charge in [0.05, 0.1) is 11.9 Å². The summed E-state index contributed by atoms with van der Waals surface area (Å²) in [6.45, 7) is 0. The number of nitriles is 1. The number of hydrogen-bond donors (Lipinski definition) is 1. The van der Waals surface area contributed by atoms with E-state index in [-0.39, 0.29) is 5.57 Å². The predicted molar refractivity (Wildman–Crippen MR) is 62.6 cm³/mol. The van der Waals surface area contributed by atoms with E-state index in [1.165, 1.54) is 17.1 Å². The summed E-state index contributed by atoms with van der Waals surface area (Å²) in [7, 11) is 0. The maximum absolute atomic E-state index is 10.7. The van der Waals surface area contributed by atoms with E-state index in [0.717, 1.165) is 5.69 Å². The highest BCUT2D eigenvalue weighted by Gasteiger charge is 2.08. The van der Waals surface area contributed by atoms with E-state index in [2.05, 4.69) is 10.2 Å². The van der Waals surface area contributed by atoms with Gasteiger partial charge in [-0.25, -0.2) is 4.79 Å². The Morgan fingerprint density at radius 3 is 2.72 bits per heavy atom. The van der Waals surface area contributed by atoms with Crippen molar-refractivity contribution >= 4 is 12.0 Å². The van der Waals surface area contributed by atoms with Crippen LogP contribution in [-0.2, 0) is 4.79 Å². The number of carbonyl (C=O) groups is 1. The lowest BCUT2D eigenvalue weighted by Gasteiger charge is -1.96. The summed E-state index contributed by atoms with van der Waals surface area (Å²) in [4.78, 5) is 12.0. The third-order valence-electron chi connectivity index (χ3n) is 2.14. The number of carboxylic acids is 1. The molecular formula is C12H8N4O2. The normalized spacial score (nSPS) is 10.9. The van der Waals surface area contributed by atoms with Gasteiger partial charge in [0.1, 0.15) is 17.3 Å². The molecule has 18 heavy (non-hydrogen) atoms. The number of para-hydroxylation sites is 1. The third-order valence-corrected chi connectivity index (χ3v) is 2.14. The van der Waals surface area contributed by atoms with Crippen molar-refractivity contribution in [3.8, 4) is 11.8 Å². The van der Waals surface area contributed by atoms with Crippen LogP contribution in [-0.4, -0.2) is 26.1 Å². The van der Waals surface area contributed by atoms with E-state index >= 15 is 0 Å². The van der Waals surface area contributed by atoms with Crippen LogP contribution in [0.25, 0.3) is 11.8 Å². The number of nitrogens with zero attached hydrogens (tertiary/aromatic N) is 4. The monoisotopic (exact) mass is 240 g/mol. The molecule has 0 bridgehead atoms. The number of aromatic nitrogens is 3. The first-order valence-corrected chi connectivity index (χ1v) is 5.03. The van der Waals surface area contributed by atoms with E-state index in [1.807, 2.05) is 30.3 Å². The van der Waals surface area contributed by atoms with Crippen LogP contribution in [0.1, 0.15) is 5.69 Å². The molecule has 0 saturated carbocycles. The fraction of sp³-hybridized carbons (Fsp3) is 0. The zero-order valence-electron chi connectivity index (χ0n) is 9.19. The summed E-state index contributed by atoms with van der Waals surface area (Å²) < 4.78 is 0. The lowest BCUT2D eigenvalue weighted by Crippen LogP contribution is -1.99. The molecule has 0 radical (unpaired) electrons. The molecule has 1 aromatic heterocycles. The maximum atomic E-state index is 10.7. The molecule has 6 heteroatoms. The maximum Gasteiger partial charge on any atom is 0.346 e. The van der Waals surface area contributed by atoms with E-state index in [1.54, 1.807) is 6.07 Å². The highest BCUT2D eigenvalue weighted by Crippen LogP contribution is 2.07. The van der Waals surface area contributed by atoms with E-state index in [4.69, 9.17) is 10.4 Å². The molecule has 0 fully saturated rings. The highest BCUT2D eigenvalue weighted by atomic mass is 16.4. The Morgan fingerprint density at radius 1 is 1.39 bits per heavy atom. The van der Waals surface area contributed by atoms with Gasteiger partial charge in [-0.2, -0.15) is 15.2 Å². The molecule has 1 aromatic carbocycles. The van der Waals surface area contributed by atoms with Gasteiger partial charge in [0.2, 0.25) is 0 Å². The van der Waals surface area contributed by atoms with Crippen LogP contribution in [0.15, 0.2) is 42.1 Å². The zero-order valence-corrected chi connectivity index (χ0v) is 9.19. The molecule has 0 saturated heterocycles. The summed E-state index contributed by atoms with van der Waals surface area (Å²) in [6.07, 6.45) is 2.57. The van der Waals surface area contributed by atoms with E-state index < -0.39 is 5.97 Å². The van der Waals surface area contributed by atoms with Crippen molar-refractivity contribution in [3.05, 3.63) is 47.8 Å². The van der Waals surface area contributed by atoms with Gasteiger partial charge in [-0.1, -0.05) is 18.2 Å². The summed E-state index contributed by atoms with van der Waals surface area (Å²) in [5.74, 6) is -1.29. The molecule has 0 unspecified atom stereocenters. The Labute approximate surface area is 102 Å². The molecule has 88 valence electrons. The van der Waals surface area contributed by atoms with Gasteiger partial charge >= 0.3 is 5.97 Å². The fourth-order valence-electron chi connectivity index (χ4n) is 1.32. The van der Waals surface area contributed by atoms with E-state index in [0.29, 0.717) is 5.69 Å². The number of aliphatic carboxylic acids is 1. The van der Waals surface area contributed by atoms with Crippen molar-refractivity contribution < 1.29 is 9.90 Å². The summed E-state index contributed by atoms with van der Waals surface area (Å²) in [6, 6.07) is 10.8. The van der Waals surface area contributed by atoms with Gasteiger partial charge in [-0.3, -0.25) is 0 Å². The van der Waals surface area contributed by atoms with Crippen LogP contribution in [0.3, 0.4) is 0 Å². The molecule has 2 rings (SSSR count). The predicted octanol–water partition coefficient (Wildman–Crippen LogP) is 1.26. The Hall–Kier alpha value is -2.94. The largest absolute Gasteiger partial charge is 0.477 e. The van der Waals surface area contributed by atoms with Crippen LogP contribution >= 0.6 is 0 Å². The van der Waals surface area contributed by atoms with Crippen molar-refractivity contribution in [1.82, 2.24) is 15.0 Å². The molecule has 0 spiro atoms. The van der Waals surface area contributed by atoms with Gasteiger partial charge in [-0.15, -0.1) is 5.10 Å². The van der Waals surface area contributed by atoms with Crippen molar-refractivity contribution in [2.24, 2.45) is 0 Å². The average Bonchev–Trinajstić information content (AvgIpc) is 2.85. The van der Waals surface area contributed by atoms with Gasteiger partial charge in [0.25, 0.3) is 0 Å². The minimum absolute atomic E-state index is 0.317. The summed E-state index contributed by atoms with van der Waals surface area (Å²) >= 11 is 0. The second-order valence-electron chi connectivity index (χ2n) is 3.37. The molecule has 1 heterocycles. The Balaban J connectivity index is 2.33. The van der Waals surface area contributed by atoms with Gasteiger partial charge in [0, 0.05) is 0 Å². The SMILES string of the molecule is N#CC(=Cc1cnn(-c2ccccc2)n1)C(=O)O. The van der Waals surface area contributed by atoms with Crippen molar-refractivity contribution in [1.29, 1.82) is 5.26 Å². The molecule has 0 aliphatic heterocycles. The van der Waals surface area contributed by atoms with Crippen molar-refractivity contribution in [2.75, 3.05) is 0 Å². The number of carboxylic acid groups (broad SMARTS) is 1. The van der Waals surface area contributed by atoms with Gasteiger partial charge in [0.15, 0.2) is 0 Å². The summed E-state index contributed by atoms with van der Waals surface area (Å²) in [5, 5.41) is 25.4. The van der Waals surface area contributed by atoms with Crippen LogP contribution in [0.2, 0.25) is 0 Å². The highest BCUT2D eigenvalue weighted by molar-refractivity contribution is 5.96. The number of benzene rings is 1. The molecule has 0 aliphatic carbocycles. The first-order valence-electron chi connectivity index (χ1n) is 5.03. The second-order valence-corrected chi connectivity index (χ2v) is 3.37. The summed E-state index contributed by atoms with van der Waals surface area (Å²) in [5.41, 5.74) is 0.693. The Morgan fingerprint density at radius 2 is 2.11 bits per heavy atom. The molecular weight excluding hydrogens is 232 g/mol. The molecule has 0 aliphatic rings. The Bertz CT molecular complexity index is 638. The van der Waals surface area contributed by atoms with Crippen molar-refractivity contribution in [2.45, 2.75) is 0 Å². The Kier molecular flexibility index (Phi) is 3.16. The molecule has 0 atom stereocenters. The van der Waals surface area contributed by atoms with Gasteiger partial charge < -0.3 is 5.11 Å². The lowest BCUT2D eigenvalue weighted by atomic mass is 10.2. The van der Waals surface area contributed by atoms with Gasteiger partial charge in [-0.05, 0) is 18.2 Å². The average molecular weight is 240 g/mol. The van der Waals surface area contributed by atoms with Crippen LogP contribution in [0.5, 0.6) is 0 Å². The lowest BCUT2D eigenvalue weighted by molar-refractivity contribution is -0.132. The fourth-order valence-corrected chi connectivity index (χ4v) is 1.32. The number of rotatable bonds is 3. The molecule has 2 aromatic rings. The molecule has 0 amide bonds. The second kappa shape index (κ2) is 4.93. The topological polar surface area (TPSA) is 91.8 Å². The first-order chi connectivity index (χ1) is 8.70. The smallest absolute Gasteiger partial charge is 0.346 e. The van der Waals surface area contributed by atoms with Crippen molar-refractivity contribution in [3.63, 3.8) is 0 Å². The minimum atomic E-state index is -1.29. The van der Waals surface area contributed by atoms with Crippen LogP contribution < -0.4 is 0 Å². The first kappa shape index (κ1) is 11.5. The third kappa shape index (κ3) is 2.41. The van der Waals surface area contributed by atoms with Crippen LogP contribution in [0.4, 0.5) is 0 Å². The van der Waals surface area contributed by atoms with Crippen LogP contribution in [0, 0.1) is 11.3 Å². The molecule has 1 N–H and O–H groups in total. The quantitative estimate of drug-likeness (QED) is 0.644. The number of hydrogen-bond acceptors (Lipinski definition) is 4. The van der Waals surface area contributed by atoms with E-state index in [9.17, 15) is 4.79 Å². The zero-order chi connectivity index (χ0) is 13.0.